The van der Waals surface area contributed by atoms with Crippen LogP contribution in [0, 0.1) is 5.92 Å². The van der Waals surface area contributed by atoms with E-state index in [1.54, 1.807) is 31.0 Å². The summed E-state index contributed by atoms with van der Waals surface area (Å²) in [6.45, 7) is 5.64. The van der Waals surface area contributed by atoms with Crippen LogP contribution in [0.5, 0.6) is 0 Å². The van der Waals surface area contributed by atoms with Crippen molar-refractivity contribution in [1.82, 2.24) is 4.90 Å². The lowest BCUT2D eigenvalue weighted by Gasteiger charge is -2.37. The molecule has 3 fully saturated rings. The number of amides is 3. The summed E-state index contributed by atoms with van der Waals surface area (Å²) in [5.41, 5.74) is -1.07. The van der Waals surface area contributed by atoms with Crippen LogP contribution in [0.2, 0.25) is 18.6 Å². The van der Waals surface area contributed by atoms with Crippen molar-refractivity contribution in [3.8, 4) is 0 Å². The molecule has 0 aliphatic carbocycles. The topological polar surface area (TPSA) is 218 Å². The highest BCUT2D eigenvalue weighted by Crippen LogP contribution is 2.58. The number of aliphatic hydroxyl groups excluding tert-OH is 5. The molecule has 42 heavy (non-hydrogen) atoms. The number of fused-ring (bicyclic) bond motifs is 2. The van der Waals surface area contributed by atoms with Gasteiger partial charge in [-0.15, -0.1) is 0 Å². The number of nitrogens with zero attached hydrogens (tertiary/aromatic N) is 1. The van der Waals surface area contributed by atoms with E-state index in [2.05, 4.69) is 10.6 Å². The normalized spacial score (nSPS) is 38.1. The van der Waals surface area contributed by atoms with Gasteiger partial charge in [-0.2, -0.15) is 0 Å². The van der Waals surface area contributed by atoms with E-state index in [1.165, 1.54) is 12.1 Å². The number of ether oxygens (including phenoxy) is 2. The van der Waals surface area contributed by atoms with Gasteiger partial charge in [0, 0.05) is 34.9 Å². The van der Waals surface area contributed by atoms with Crippen LogP contribution >= 0.6 is 0 Å². The Kier molecular flexibility index (Phi) is 8.28. The van der Waals surface area contributed by atoms with Crippen molar-refractivity contribution < 1.29 is 54.2 Å². The highest BCUT2D eigenvalue weighted by molar-refractivity contribution is 6.71. The van der Waals surface area contributed by atoms with Gasteiger partial charge in [0.1, 0.15) is 18.3 Å². The van der Waals surface area contributed by atoms with Crippen LogP contribution in [0.3, 0.4) is 0 Å². The monoisotopic (exact) mass is 609 g/mol. The number of likely N-dealkylation sites (tertiary alicyclic amines) is 1. The van der Waals surface area contributed by atoms with Crippen molar-refractivity contribution in [3.63, 3.8) is 0 Å². The van der Waals surface area contributed by atoms with E-state index in [0.717, 1.165) is 6.42 Å². The Balaban J connectivity index is 1.43. The van der Waals surface area contributed by atoms with Gasteiger partial charge in [-0.1, -0.05) is 6.92 Å². The zero-order valence-electron chi connectivity index (χ0n) is 23.6. The number of carbonyl (C=O) groups is 3. The lowest BCUT2D eigenvalue weighted by molar-refractivity contribution is -0.274. The Morgan fingerprint density at radius 1 is 1.17 bits per heavy atom. The molecule has 232 valence electrons. The Labute approximate surface area is 243 Å². The fourth-order valence-electron chi connectivity index (χ4n) is 7.11. The summed E-state index contributed by atoms with van der Waals surface area (Å²) in [6.07, 6.45) is -8.41. The summed E-state index contributed by atoms with van der Waals surface area (Å²) in [7, 11) is -3.02. The Morgan fingerprint density at radius 2 is 1.88 bits per heavy atom. The van der Waals surface area contributed by atoms with Gasteiger partial charge < -0.3 is 55.3 Å². The van der Waals surface area contributed by atoms with Crippen LogP contribution in [0.4, 0.5) is 11.4 Å². The third-order valence-electron chi connectivity index (χ3n) is 9.14. The molecule has 0 bridgehead atoms. The van der Waals surface area contributed by atoms with Gasteiger partial charge in [0.25, 0.3) is 11.8 Å². The van der Waals surface area contributed by atoms with E-state index in [-0.39, 0.29) is 30.7 Å². The number of aliphatic hydroxyl groups is 5. The minimum atomic E-state index is -3.02. The predicted octanol–water partition coefficient (Wildman–Crippen LogP) is -1.45. The number of hydrogen-bond acceptors (Lipinski definition) is 11. The molecular formula is C27H39N3O11Si. The van der Waals surface area contributed by atoms with E-state index < -0.39 is 74.0 Å². The van der Waals surface area contributed by atoms with Crippen LogP contribution in [-0.4, -0.2) is 117 Å². The van der Waals surface area contributed by atoms with Gasteiger partial charge in [-0.05, 0) is 44.1 Å². The van der Waals surface area contributed by atoms with Crippen molar-refractivity contribution >= 4 is 37.4 Å². The standard InChI is InChI=1S/C27H39N3O11Si/c1-12-23(42(2,3)39)17(10-18(32)30-8-4-5-14(30)11-31)41-27(12)15-9-13(6-7-16(15)29-26(27)38)28-24(36)22-20(34)19(33)21(35)25(37)40-22/h6-7,9,12,14,17,19-23,25,31,33-35,37,39H,4-5,8,10-11H2,1-3H3,(H,28,36)(H,29,38)/t12-,14-,17+,19-,20-,21+,22-,23-,25+,27+/m0/s1. The van der Waals surface area contributed by atoms with Gasteiger partial charge in [0.15, 0.2) is 26.3 Å². The van der Waals surface area contributed by atoms with E-state index in [9.17, 15) is 44.7 Å². The van der Waals surface area contributed by atoms with Crippen LogP contribution in [0.15, 0.2) is 18.2 Å². The molecule has 1 aromatic rings. The minimum absolute atomic E-state index is 0.0727. The van der Waals surface area contributed by atoms with Crippen molar-refractivity contribution in [1.29, 1.82) is 0 Å². The van der Waals surface area contributed by atoms with E-state index in [1.807, 2.05) is 0 Å². The smallest absolute Gasteiger partial charge is 0.261 e. The second kappa shape index (κ2) is 11.2. The largest absolute Gasteiger partial charge is 0.432 e. The first kappa shape index (κ1) is 31.0. The maximum atomic E-state index is 13.6. The lowest BCUT2D eigenvalue weighted by atomic mass is 9.82. The van der Waals surface area contributed by atoms with Crippen molar-refractivity contribution in [2.24, 2.45) is 5.92 Å². The molecule has 0 radical (unpaired) electrons. The molecule has 8 N–H and O–H groups in total. The maximum absolute atomic E-state index is 13.6. The molecule has 1 aromatic carbocycles. The Hall–Kier alpha value is -2.47. The van der Waals surface area contributed by atoms with Gasteiger partial charge in [-0.3, -0.25) is 14.4 Å². The van der Waals surface area contributed by atoms with Crippen molar-refractivity contribution in [3.05, 3.63) is 23.8 Å². The van der Waals surface area contributed by atoms with Crippen LogP contribution < -0.4 is 10.6 Å². The fraction of sp³-hybridized carbons (Fsp3) is 0.667. The number of carbonyl (C=O) groups excluding carboxylic acids is 3. The van der Waals surface area contributed by atoms with Crippen LogP contribution in [0.1, 0.15) is 31.7 Å². The number of nitrogens with one attached hydrogen (secondary N) is 2. The van der Waals surface area contributed by atoms with Crippen LogP contribution in [0.25, 0.3) is 0 Å². The number of anilines is 2. The average molecular weight is 610 g/mol. The summed E-state index contributed by atoms with van der Waals surface area (Å²) < 4.78 is 11.5. The molecule has 4 aliphatic heterocycles. The van der Waals surface area contributed by atoms with E-state index >= 15 is 0 Å². The summed E-state index contributed by atoms with van der Waals surface area (Å²) in [4.78, 5) is 52.8. The van der Waals surface area contributed by atoms with Gasteiger partial charge in [-0.25, -0.2) is 0 Å². The third kappa shape index (κ3) is 5.05. The molecule has 3 saturated heterocycles. The summed E-state index contributed by atoms with van der Waals surface area (Å²) in [6, 6.07) is 4.30. The number of benzene rings is 1. The second-order valence-electron chi connectivity index (χ2n) is 12.3. The predicted molar refractivity (Wildman–Crippen MR) is 148 cm³/mol. The molecule has 10 atom stereocenters. The summed E-state index contributed by atoms with van der Waals surface area (Å²) in [5, 5.41) is 54.8. The van der Waals surface area contributed by atoms with Crippen LogP contribution in [-0.2, 0) is 29.5 Å². The summed E-state index contributed by atoms with van der Waals surface area (Å²) in [5.74, 6) is -2.15. The molecular weight excluding hydrogens is 570 g/mol. The fourth-order valence-corrected chi connectivity index (χ4v) is 9.66. The molecule has 4 heterocycles. The van der Waals surface area contributed by atoms with Crippen molar-refractivity contribution in [2.75, 3.05) is 23.8 Å². The Bertz CT molecular complexity index is 1240. The zero-order valence-corrected chi connectivity index (χ0v) is 24.6. The maximum Gasteiger partial charge on any atom is 0.261 e. The lowest BCUT2D eigenvalue weighted by Crippen LogP contribution is -2.60. The molecule has 4 aliphatic rings. The molecule has 3 amide bonds. The molecule has 1 spiro atoms. The molecule has 5 rings (SSSR count). The Morgan fingerprint density at radius 3 is 2.55 bits per heavy atom. The van der Waals surface area contributed by atoms with E-state index in [0.29, 0.717) is 24.2 Å². The third-order valence-corrected chi connectivity index (χ3v) is 11.6. The SMILES string of the molecule is C[C@H]1[C@H]([Si](C)(C)O)[C@@H](CC(=O)N2CCC[C@H]2CO)O[C@]12C(=O)Nc1ccc(NC(=O)[C@H]3O[C@@H](O)[C@H](O)[C@@H](O)[C@@H]3O)cc12. The van der Waals surface area contributed by atoms with Gasteiger partial charge >= 0.3 is 0 Å². The first-order valence-electron chi connectivity index (χ1n) is 14.2. The number of rotatable bonds is 6. The minimum Gasteiger partial charge on any atom is -0.432 e. The quantitative estimate of drug-likeness (QED) is 0.174. The van der Waals surface area contributed by atoms with E-state index in [4.69, 9.17) is 9.47 Å². The molecule has 14 nitrogen and oxygen atoms in total. The molecule has 0 saturated carbocycles. The molecule has 15 heteroatoms. The summed E-state index contributed by atoms with van der Waals surface area (Å²) >= 11 is 0. The highest BCUT2D eigenvalue weighted by Gasteiger charge is 2.65. The van der Waals surface area contributed by atoms with Crippen molar-refractivity contribution in [2.45, 2.75) is 93.3 Å². The molecule has 0 unspecified atom stereocenters. The van der Waals surface area contributed by atoms with Gasteiger partial charge in [0.05, 0.1) is 25.2 Å². The zero-order chi connectivity index (χ0) is 30.7. The first-order chi connectivity index (χ1) is 19.7. The first-order valence-corrected chi connectivity index (χ1v) is 17.2. The van der Waals surface area contributed by atoms with Gasteiger partial charge in [0.2, 0.25) is 5.91 Å². The number of hydrogen-bond donors (Lipinski definition) is 8. The molecule has 0 aromatic heterocycles. The second-order valence-corrected chi connectivity index (χ2v) is 16.2. The average Bonchev–Trinajstić information content (AvgIpc) is 3.60. The highest BCUT2D eigenvalue weighted by atomic mass is 28.4.